The average molecular weight is 486 g/mol. The predicted molar refractivity (Wildman–Crippen MR) is 126 cm³/mol. The molecule has 4 aromatic rings. The first-order valence-corrected chi connectivity index (χ1v) is 11.3. The number of hydrogen-bond donors (Lipinski definition) is 0. The minimum Gasteiger partial charge on any atom is -0.497 e. The molecule has 0 saturated heterocycles. The third-order valence-electron chi connectivity index (χ3n) is 5.21. The lowest BCUT2D eigenvalue weighted by atomic mass is 10.1. The molecule has 176 valence electrons. The van der Waals surface area contributed by atoms with Gasteiger partial charge in [0, 0.05) is 23.1 Å². The lowest BCUT2D eigenvalue weighted by Gasteiger charge is -2.14. The Morgan fingerprint density at radius 1 is 0.882 bits per heavy atom. The first-order chi connectivity index (χ1) is 16.3. The van der Waals surface area contributed by atoms with Crippen LogP contribution in [0.4, 0.5) is 13.2 Å². The van der Waals surface area contributed by atoms with E-state index >= 15 is 0 Å². The number of halogens is 3. The maximum absolute atomic E-state index is 13.5. The number of methoxy groups -OCH3 is 2. The molecule has 0 aliphatic rings. The minimum atomic E-state index is -4.43. The van der Waals surface area contributed by atoms with Crippen LogP contribution in [-0.2, 0) is 11.9 Å². The Labute approximate surface area is 199 Å². The van der Waals surface area contributed by atoms with E-state index in [-0.39, 0.29) is 11.3 Å². The highest BCUT2D eigenvalue weighted by atomic mass is 32.2. The summed E-state index contributed by atoms with van der Waals surface area (Å²) in [5, 5.41) is 9.17. The number of hydrogen-bond acceptors (Lipinski definition) is 5. The van der Waals surface area contributed by atoms with Crippen molar-refractivity contribution < 1.29 is 22.6 Å². The number of benzene rings is 3. The Hall–Kier alpha value is -3.46. The highest BCUT2D eigenvalue weighted by molar-refractivity contribution is 7.98. The number of ether oxygens (including phenoxy) is 2. The second-order valence-electron chi connectivity index (χ2n) is 7.52. The first kappa shape index (κ1) is 23.7. The molecule has 0 amide bonds. The summed E-state index contributed by atoms with van der Waals surface area (Å²) in [6, 6.07) is 18.7. The van der Waals surface area contributed by atoms with Gasteiger partial charge in [-0.3, -0.25) is 4.57 Å². The Bertz CT molecular complexity index is 1270. The maximum atomic E-state index is 13.5. The molecule has 0 spiro atoms. The van der Waals surface area contributed by atoms with Crippen LogP contribution in [0.15, 0.2) is 71.9 Å². The molecule has 0 atom stereocenters. The van der Waals surface area contributed by atoms with Crippen molar-refractivity contribution in [3.8, 4) is 28.6 Å². The molecule has 4 rings (SSSR count). The van der Waals surface area contributed by atoms with Gasteiger partial charge in [0.1, 0.15) is 11.5 Å². The highest BCUT2D eigenvalue weighted by Crippen LogP contribution is 2.37. The van der Waals surface area contributed by atoms with Crippen molar-refractivity contribution in [3.05, 3.63) is 83.4 Å². The van der Waals surface area contributed by atoms with Gasteiger partial charge in [-0.25, -0.2) is 0 Å². The van der Waals surface area contributed by atoms with Gasteiger partial charge in [-0.2, -0.15) is 13.2 Å². The van der Waals surface area contributed by atoms with Crippen molar-refractivity contribution in [2.45, 2.75) is 24.0 Å². The van der Waals surface area contributed by atoms with Crippen molar-refractivity contribution in [1.82, 2.24) is 14.8 Å². The Morgan fingerprint density at radius 3 is 2.15 bits per heavy atom. The fourth-order valence-electron chi connectivity index (χ4n) is 3.48. The number of aromatic nitrogens is 3. The zero-order chi connectivity index (χ0) is 24.3. The van der Waals surface area contributed by atoms with E-state index in [2.05, 4.69) is 10.2 Å². The lowest BCUT2D eigenvalue weighted by molar-refractivity contribution is -0.138. The van der Waals surface area contributed by atoms with Crippen molar-refractivity contribution in [1.29, 1.82) is 0 Å². The Balaban J connectivity index is 1.78. The van der Waals surface area contributed by atoms with Crippen LogP contribution in [0, 0.1) is 6.92 Å². The van der Waals surface area contributed by atoms with Crippen LogP contribution in [0.2, 0.25) is 0 Å². The number of rotatable bonds is 7. The molecule has 9 heteroatoms. The molecule has 1 heterocycles. The van der Waals surface area contributed by atoms with Gasteiger partial charge in [0.05, 0.1) is 19.8 Å². The highest BCUT2D eigenvalue weighted by Gasteiger charge is 2.33. The fraction of sp³-hybridized carbons (Fsp3) is 0.200. The summed E-state index contributed by atoms with van der Waals surface area (Å²) in [4.78, 5) is 0. The normalized spacial score (nSPS) is 11.5. The number of alkyl halides is 3. The molecule has 5 nitrogen and oxygen atoms in total. The molecule has 0 radical (unpaired) electrons. The van der Waals surface area contributed by atoms with Crippen LogP contribution in [0.25, 0.3) is 17.1 Å². The summed E-state index contributed by atoms with van der Waals surface area (Å²) >= 11 is 1.19. The third kappa shape index (κ3) is 5.04. The van der Waals surface area contributed by atoms with Crippen molar-refractivity contribution >= 4 is 11.8 Å². The average Bonchev–Trinajstić information content (AvgIpc) is 3.26. The molecule has 3 aromatic carbocycles. The van der Waals surface area contributed by atoms with E-state index in [0.717, 1.165) is 17.3 Å². The molecule has 1 aromatic heterocycles. The van der Waals surface area contributed by atoms with Crippen molar-refractivity contribution in [3.63, 3.8) is 0 Å². The van der Waals surface area contributed by atoms with Gasteiger partial charge >= 0.3 is 6.18 Å². The van der Waals surface area contributed by atoms with Crippen molar-refractivity contribution in [2.75, 3.05) is 14.2 Å². The summed E-state index contributed by atoms with van der Waals surface area (Å²) in [5.41, 5.74) is 2.10. The number of nitrogens with zero attached hydrogens (tertiary/aromatic N) is 3. The zero-order valence-electron chi connectivity index (χ0n) is 18.8. The van der Waals surface area contributed by atoms with E-state index in [9.17, 15) is 13.2 Å². The van der Waals surface area contributed by atoms with Gasteiger partial charge < -0.3 is 9.47 Å². The summed E-state index contributed by atoms with van der Waals surface area (Å²) < 4.78 is 53.0. The largest absolute Gasteiger partial charge is 0.497 e. The van der Waals surface area contributed by atoms with Crippen LogP contribution >= 0.6 is 11.8 Å². The monoisotopic (exact) mass is 485 g/mol. The molecule has 0 unspecified atom stereocenters. The predicted octanol–water partition coefficient (Wildman–Crippen LogP) is 6.57. The molecular formula is C25H22F3N3O2S. The van der Waals surface area contributed by atoms with E-state index in [1.54, 1.807) is 26.4 Å². The van der Waals surface area contributed by atoms with E-state index in [0.29, 0.717) is 28.0 Å². The summed E-state index contributed by atoms with van der Waals surface area (Å²) in [6.45, 7) is 1.98. The summed E-state index contributed by atoms with van der Waals surface area (Å²) in [7, 11) is 3.12. The third-order valence-corrected chi connectivity index (χ3v) is 6.19. The zero-order valence-corrected chi connectivity index (χ0v) is 19.6. The van der Waals surface area contributed by atoms with Gasteiger partial charge in [-0.05, 0) is 42.8 Å². The first-order valence-electron chi connectivity index (χ1n) is 10.3. The molecule has 0 saturated carbocycles. The van der Waals surface area contributed by atoms with Gasteiger partial charge in [-0.15, -0.1) is 10.2 Å². The maximum Gasteiger partial charge on any atom is 0.416 e. The van der Waals surface area contributed by atoms with Gasteiger partial charge in [0.15, 0.2) is 11.0 Å². The van der Waals surface area contributed by atoms with Gasteiger partial charge in [0.2, 0.25) is 0 Å². The second-order valence-corrected chi connectivity index (χ2v) is 8.46. The Kier molecular flexibility index (Phi) is 6.83. The van der Waals surface area contributed by atoms with Crippen LogP contribution < -0.4 is 9.47 Å². The molecule has 0 N–H and O–H groups in total. The molecule has 0 bridgehead atoms. The number of thioether (sulfide) groups is 1. The van der Waals surface area contributed by atoms with Crippen molar-refractivity contribution in [2.24, 2.45) is 0 Å². The van der Waals surface area contributed by atoms with E-state index in [1.165, 1.54) is 23.9 Å². The molecule has 0 aliphatic heterocycles. The molecule has 0 aliphatic carbocycles. The van der Waals surface area contributed by atoms with Crippen LogP contribution in [0.5, 0.6) is 11.5 Å². The summed E-state index contributed by atoms with van der Waals surface area (Å²) in [5.74, 6) is 1.77. The van der Waals surface area contributed by atoms with Crippen LogP contribution in [0.3, 0.4) is 0 Å². The molecule has 34 heavy (non-hydrogen) atoms. The fourth-order valence-corrected chi connectivity index (χ4v) is 4.43. The molecule has 0 fully saturated rings. The number of aryl methyl sites for hydroxylation is 1. The SMILES string of the molecule is COc1cc(OC)cc(-c2nnc(SCc3ccccc3C(F)(F)F)n2-c2ccc(C)cc2)c1. The molecular weight excluding hydrogens is 463 g/mol. The Morgan fingerprint density at radius 2 is 1.53 bits per heavy atom. The summed E-state index contributed by atoms with van der Waals surface area (Å²) in [6.07, 6.45) is -4.43. The van der Waals surface area contributed by atoms with Crippen LogP contribution in [0.1, 0.15) is 16.7 Å². The van der Waals surface area contributed by atoms with E-state index < -0.39 is 11.7 Å². The smallest absolute Gasteiger partial charge is 0.416 e. The van der Waals surface area contributed by atoms with Gasteiger partial charge in [0.25, 0.3) is 0 Å². The topological polar surface area (TPSA) is 49.2 Å². The standard InChI is InChI=1S/C25H22F3N3O2S/c1-16-8-10-19(11-9-16)31-23(18-12-20(32-2)14-21(13-18)33-3)29-30-24(31)34-15-17-6-4-5-7-22(17)25(26,27)28/h4-14H,15H2,1-3H3. The second kappa shape index (κ2) is 9.80. The lowest BCUT2D eigenvalue weighted by Crippen LogP contribution is -2.08. The quantitative estimate of drug-likeness (QED) is 0.277. The van der Waals surface area contributed by atoms with Crippen LogP contribution in [-0.4, -0.2) is 29.0 Å². The minimum absolute atomic E-state index is 0.0844. The van der Waals surface area contributed by atoms with Gasteiger partial charge in [-0.1, -0.05) is 47.7 Å². The van der Waals surface area contributed by atoms with E-state index in [4.69, 9.17) is 9.47 Å². The van der Waals surface area contributed by atoms with E-state index in [1.807, 2.05) is 47.9 Å².